The van der Waals surface area contributed by atoms with Crippen molar-refractivity contribution < 1.29 is 34.4 Å². The van der Waals surface area contributed by atoms with Crippen LogP contribution in [0.3, 0.4) is 0 Å². The number of aryl methyl sites for hydroxylation is 2. The van der Waals surface area contributed by atoms with Gasteiger partial charge >= 0.3 is 11.9 Å². The van der Waals surface area contributed by atoms with E-state index in [2.05, 4.69) is 0 Å². The first-order chi connectivity index (χ1) is 12.3. The molecular formula is C19H20O7. The van der Waals surface area contributed by atoms with Crippen molar-refractivity contribution in [1.82, 2.24) is 0 Å². The average Bonchev–Trinajstić information content (AvgIpc) is 2.53. The van der Waals surface area contributed by atoms with E-state index in [1.807, 2.05) is 6.92 Å². The van der Waals surface area contributed by atoms with Gasteiger partial charge in [-0.3, -0.25) is 0 Å². The number of aromatic carboxylic acids is 1. The lowest BCUT2D eigenvalue weighted by molar-refractivity contribution is 0.0692. The normalized spacial score (nSPS) is 10.4. The summed E-state index contributed by atoms with van der Waals surface area (Å²) >= 11 is 0. The molecule has 0 aromatic heterocycles. The number of carboxylic acids is 1. The Bertz CT molecular complexity index is 832. The monoisotopic (exact) mass is 360 g/mol. The van der Waals surface area contributed by atoms with E-state index >= 15 is 0 Å². The minimum atomic E-state index is -1.26. The van der Waals surface area contributed by atoms with Gasteiger partial charge in [0, 0.05) is 12.1 Å². The second-order valence-corrected chi connectivity index (χ2v) is 5.76. The fourth-order valence-corrected chi connectivity index (χ4v) is 2.71. The molecule has 0 heterocycles. The lowest BCUT2D eigenvalue weighted by atomic mass is 10.0. The van der Waals surface area contributed by atoms with E-state index in [9.17, 15) is 24.9 Å². The molecule has 0 amide bonds. The van der Waals surface area contributed by atoms with Gasteiger partial charge in [0.05, 0.1) is 7.11 Å². The Hall–Kier alpha value is -3.22. The molecule has 0 spiro atoms. The minimum absolute atomic E-state index is 0.00410. The van der Waals surface area contributed by atoms with E-state index in [0.29, 0.717) is 29.7 Å². The van der Waals surface area contributed by atoms with Crippen LogP contribution in [-0.2, 0) is 6.42 Å². The molecule has 0 bridgehead atoms. The van der Waals surface area contributed by atoms with Crippen molar-refractivity contribution >= 4 is 11.9 Å². The smallest absolute Gasteiger partial charge is 0.347 e. The summed E-state index contributed by atoms with van der Waals surface area (Å²) in [6, 6.07) is 5.33. The van der Waals surface area contributed by atoms with Gasteiger partial charge in [0.1, 0.15) is 34.1 Å². The quantitative estimate of drug-likeness (QED) is 0.535. The number of benzene rings is 2. The maximum atomic E-state index is 12.4. The predicted molar refractivity (Wildman–Crippen MR) is 93.4 cm³/mol. The number of hydrogen-bond acceptors (Lipinski definition) is 6. The molecular weight excluding hydrogens is 340 g/mol. The van der Waals surface area contributed by atoms with Gasteiger partial charge < -0.3 is 24.8 Å². The number of phenolic OH excluding ortho intramolecular Hbond substituents is 1. The van der Waals surface area contributed by atoms with Crippen LogP contribution in [0.5, 0.6) is 23.0 Å². The number of carbonyl (C=O) groups is 2. The molecule has 7 nitrogen and oxygen atoms in total. The summed E-state index contributed by atoms with van der Waals surface area (Å²) in [5.41, 5.74) is 0.560. The van der Waals surface area contributed by atoms with Crippen molar-refractivity contribution in [3.05, 3.63) is 46.5 Å². The first-order valence-electron chi connectivity index (χ1n) is 7.97. The molecule has 3 N–H and O–H groups in total. The fraction of sp³-hybridized carbons (Fsp3) is 0.263. The Labute approximate surface area is 150 Å². The Morgan fingerprint density at radius 3 is 2.15 bits per heavy atom. The number of aromatic hydroxyl groups is 2. The third-order valence-corrected chi connectivity index (χ3v) is 3.84. The first kappa shape index (κ1) is 19.1. The van der Waals surface area contributed by atoms with Crippen LogP contribution < -0.4 is 9.47 Å². The van der Waals surface area contributed by atoms with Crippen LogP contribution in [0.4, 0.5) is 0 Å². The van der Waals surface area contributed by atoms with E-state index in [-0.39, 0.29) is 22.6 Å². The van der Waals surface area contributed by atoms with Gasteiger partial charge in [-0.1, -0.05) is 13.3 Å². The number of hydrogen-bond donors (Lipinski definition) is 3. The lowest BCUT2D eigenvalue weighted by Crippen LogP contribution is -2.12. The van der Waals surface area contributed by atoms with Crippen molar-refractivity contribution in [2.75, 3.05) is 7.11 Å². The molecule has 0 saturated carbocycles. The molecule has 0 aliphatic heterocycles. The van der Waals surface area contributed by atoms with E-state index < -0.39 is 17.7 Å². The highest BCUT2D eigenvalue weighted by molar-refractivity contribution is 5.96. The molecule has 0 fully saturated rings. The van der Waals surface area contributed by atoms with Crippen molar-refractivity contribution in [3.8, 4) is 23.0 Å². The Morgan fingerprint density at radius 2 is 1.62 bits per heavy atom. The van der Waals surface area contributed by atoms with Gasteiger partial charge in [-0.05, 0) is 36.6 Å². The van der Waals surface area contributed by atoms with E-state index in [1.54, 1.807) is 13.0 Å². The van der Waals surface area contributed by atoms with Gasteiger partial charge in [0.25, 0.3) is 0 Å². The molecule has 7 heteroatoms. The SMILES string of the molecule is CCCc1cc(OC(=O)c2c(C)cc(OC)cc2O)cc(O)c1C(=O)O. The van der Waals surface area contributed by atoms with Crippen molar-refractivity contribution in [2.24, 2.45) is 0 Å². The van der Waals surface area contributed by atoms with Crippen LogP contribution in [-0.4, -0.2) is 34.4 Å². The zero-order chi connectivity index (χ0) is 19.4. The summed E-state index contributed by atoms with van der Waals surface area (Å²) in [5.74, 6) is -2.48. The van der Waals surface area contributed by atoms with E-state index in [0.717, 1.165) is 6.07 Å². The Kier molecular flexibility index (Phi) is 5.71. The summed E-state index contributed by atoms with van der Waals surface area (Å²) in [5, 5.41) is 29.3. The molecule has 0 aliphatic carbocycles. The van der Waals surface area contributed by atoms with E-state index in [4.69, 9.17) is 9.47 Å². The second kappa shape index (κ2) is 7.77. The maximum absolute atomic E-state index is 12.4. The average molecular weight is 360 g/mol. The topological polar surface area (TPSA) is 113 Å². The number of carbonyl (C=O) groups excluding carboxylic acids is 1. The number of ether oxygens (including phenoxy) is 2. The van der Waals surface area contributed by atoms with E-state index in [1.165, 1.54) is 19.2 Å². The fourth-order valence-electron chi connectivity index (χ4n) is 2.71. The molecule has 26 heavy (non-hydrogen) atoms. The predicted octanol–water partition coefficient (Wildman–Crippen LogP) is 3.28. The zero-order valence-electron chi connectivity index (χ0n) is 14.7. The largest absolute Gasteiger partial charge is 0.507 e. The van der Waals surface area contributed by atoms with Gasteiger partial charge in [0.15, 0.2) is 0 Å². The zero-order valence-corrected chi connectivity index (χ0v) is 14.7. The van der Waals surface area contributed by atoms with Crippen LogP contribution in [0.25, 0.3) is 0 Å². The summed E-state index contributed by atoms with van der Waals surface area (Å²) < 4.78 is 10.3. The van der Waals surface area contributed by atoms with Gasteiger partial charge in [0.2, 0.25) is 0 Å². The van der Waals surface area contributed by atoms with Crippen LogP contribution >= 0.6 is 0 Å². The van der Waals surface area contributed by atoms with Crippen LogP contribution in [0.1, 0.15) is 45.2 Å². The van der Waals surface area contributed by atoms with Crippen molar-refractivity contribution in [3.63, 3.8) is 0 Å². The second-order valence-electron chi connectivity index (χ2n) is 5.76. The summed E-state index contributed by atoms with van der Waals surface area (Å²) in [6.07, 6.45) is 1.04. The van der Waals surface area contributed by atoms with Gasteiger partial charge in [-0.25, -0.2) is 9.59 Å². The third-order valence-electron chi connectivity index (χ3n) is 3.84. The van der Waals surface area contributed by atoms with Crippen molar-refractivity contribution in [1.29, 1.82) is 0 Å². The molecule has 0 saturated heterocycles. The summed E-state index contributed by atoms with van der Waals surface area (Å²) in [4.78, 5) is 23.7. The van der Waals surface area contributed by atoms with Crippen LogP contribution in [0, 0.1) is 6.92 Å². The summed E-state index contributed by atoms with van der Waals surface area (Å²) in [6.45, 7) is 3.48. The molecule has 0 aliphatic rings. The third kappa shape index (κ3) is 3.88. The van der Waals surface area contributed by atoms with Crippen LogP contribution in [0.2, 0.25) is 0 Å². The number of phenols is 2. The highest BCUT2D eigenvalue weighted by Crippen LogP contribution is 2.32. The minimum Gasteiger partial charge on any atom is -0.507 e. The molecule has 0 radical (unpaired) electrons. The molecule has 0 unspecified atom stereocenters. The Balaban J connectivity index is 2.40. The molecule has 138 valence electrons. The number of rotatable bonds is 6. The summed E-state index contributed by atoms with van der Waals surface area (Å²) in [7, 11) is 1.44. The van der Waals surface area contributed by atoms with Crippen molar-refractivity contribution in [2.45, 2.75) is 26.7 Å². The molecule has 2 rings (SSSR count). The van der Waals surface area contributed by atoms with Gasteiger partial charge in [-0.15, -0.1) is 0 Å². The standard InChI is InChI=1S/C19H20O7/c1-4-5-11-7-13(9-15(21)17(11)18(22)23)26-19(24)16-10(2)6-12(25-3)8-14(16)20/h6-9,20-21H,4-5H2,1-3H3,(H,22,23). The number of carboxylic acid groups (broad SMARTS) is 1. The maximum Gasteiger partial charge on any atom is 0.347 e. The highest BCUT2D eigenvalue weighted by Gasteiger charge is 2.21. The van der Waals surface area contributed by atoms with Crippen LogP contribution in [0.15, 0.2) is 24.3 Å². The number of methoxy groups -OCH3 is 1. The molecule has 2 aromatic rings. The first-order valence-corrected chi connectivity index (χ1v) is 7.97. The number of esters is 1. The Morgan fingerprint density at radius 1 is 1.00 bits per heavy atom. The highest BCUT2D eigenvalue weighted by atomic mass is 16.5. The molecule has 0 atom stereocenters. The molecule has 2 aromatic carbocycles. The van der Waals surface area contributed by atoms with Gasteiger partial charge in [-0.2, -0.15) is 0 Å². The lowest BCUT2D eigenvalue weighted by Gasteiger charge is -2.13.